The van der Waals surface area contributed by atoms with Crippen LogP contribution in [0.25, 0.3) is 22.4 Å². The molecule has 4 aromatic carbocycles. The molecule has 1 aliphatic carbocycles. The molecule has 0 heterocycles. The van der Waals surface area contributed by atoms with E-state index in [1.807, 2.05) is 26.0 Å². The van der Waals surface area contributed by atoms with E-state index in [0.29, 0.717) is 18.1 Å². The highest BCUT2D eigenvalue weighted by molar-refractivity contribution is 6.06. The number of allylic oxidation sites excluding steroid dienone is 5. The van der Waals surface area contributed by atoms with E-state index < -0.39 is 0 Å². The van der Waals surface area contributed by atoms with E-state index in [0.717, 1.165) is 28.9 Å². The molecule has 0 radical (unpaired) electrons. The topological polar surface area (TPSA) is 23.5 Å². The number of benzene rings is 4. The van der Waals surface area contributed by atoms with Gasteiger partial charge in [0.2, 0.25) is 0 Å². The predicted octanol–water partition coefficient (Wildman–Crippen LogP) is 11.3. The summed E-state index contributed by atoms with van der Waals surface area (Å²) in [5, 5.41) is 13.4. The second-order valence-corrected chi connectivity index (χ2v) is 10.9. The summed E-state index contributed by atoms with van der Waals surface area (Å²) >= 11 is 0. The van der Waals surface area contributed by atoms with Crippen LogP contribution in [0.1, 0.15) is 80.7 Å². The van der Waals surface area contributed by atoms with Gasteiger partial charge < -0.3 is 10.0 Å². The van der Waals surface area contributed by atoms with E-state index in [1.54, 1.807) is 0 Å². The molecule has 2 nitrogen and oxygen atoms in total. The number of aliphatic hydroxyl groups excluding tert-OH is 1. The lowest BCUT2D eigenvalue weighted by Gasteiger charge is -2.30. The fraction of sp³-hybridized carbons (Fsp3) is 0.263. The summed E-state index contributed by atoms with van der Waals surface area (Å²) in [7, 11) is 0. The molecule has 204 valence electrons. The van der Waals surface area contributed by atoms with Crippen LogP contribution in [-0.4, -0.2) is 5.11 Å². The van der Waals surface area contributed by atoms with Crippen LogP contribution in [0.5, 0.6) is 0 Å². The summed E-state index contributed by atoms with van der Waals surface area (Å²) in [6.07, 6.45) is 12.8. The van der Waals surface area contributed by atoms with Crippen molar-refractivity contribution in [3.05, 3.63) is 125 Å². The minimum absolute atomic E-state index is 0.389. The highest BCUT2D eigenvalue weighted by Crippen LogP contribution is 2.45. The molecule has 0 fully saturated rings. The van der Waals surface area contributed by atoms with Crippen LogP contribution in [0, 0.1) is 6.92 Å². The zero-order valence-electron chi connectivity index (χ0n) is 24.5. The van der Waals surface area contributed by atoms with Crippen molar-refractivity contribution in [3.8, 4) is 0 Å². The van der Waals surface area contributed by atoms with Crippen molar-refractivity contribution in [1.82, 2.24) is 0 Å². The van der Waals surface area contributed by atoms with Crippen molar-refractivity contribution in [3.63, 3.8) is 0 Å². The number of unbranched alkanes of at least 4 members (excludes halogenated alkanes) is 1. The monoisotopic (exact) mass is 527 g/mol. The number of nitrogens with zero attached hydrogens (tertiary/aromatic N) is 1. The third-order valence-corrected chi connectivity index (χ3v) is 8.04. The molecule has 1 N–H and O–H groups in total. The number of anilines is 3. The molecule has 0 saturated carbocycles. The molecular formula is C38H41NO. The van der Waals surface area contributed by atoms with E-state index in [9.17, 15) is 5.11 Å². The van der Waals surface area contributed by atoms with Gasteiger partial charge in [-0.05, 0) is 90.2 Å². The molecule has 0 bridgehead atoms. The first-order valence-corrected chi connectivity index (χ1v) is 14.8. The van der Waals surface area contributed by atoms with Gasteiger partial charge in [0.15, 0.2) is 0 Å². The van der Waals surface area contributed by atoms with Crippen LogP contribution in [0.4, 0.5) is 17.1 Å². The normalized spacial score (nSPS) is 15.1. The molecular weight excluding hydrogens is 486 g/mol. The summed E-state index contributed by atoms with van der Waals surface area (Å²) in [5.41, 5.74) is 10.7. The number of aryl methyl sites for hydroxylation is 2. The Kier molecular flexibility index (Phi) is 8.26. The number of hydrogen-bond donors (Lipinski definition) is 1. The summed E-state index contributed by atoms with van der Waals surface area (Å²) in [6, 6.07) is 26.6. The van der Waals surface area contributed by atoms with Crippen LogP contribution in [0.15, 0.2) is 96.8 Å². The van der Waals surface area contributed by atoms with Gasteiger partial charge in [-0.15, -0.1) is 0 Å². The lowest BCUT2D eigenvalue weighted by molar-refractivity contribution is 0.398. The molecule has 0 amide bonds. The van der Waals surface area contributed by atoms with Gasteiger partial charge in [-0.3, -0.25) is 0 Å². The van der Waals surface area contributed by atoms with Crippen LogP contribution < -0.4 is 4.90 Å². The van der Waals surface area contributed by atoms with Crippen molar-refractivity contribution in [2.75, 3.05) is 4.90 Å². The van der Waals surface area contributed by atoms with Crippen LogP contribution >= 0.6 is 0 Å². The van der Waals surface area contributed by atoms with Gasteiger partial charge in [0.25, 0.3) is 0 Å². The van der Waals surface area contributed by atoms with E-state index >= 15 is 0 Å². The van der Waals surface area contributed by atoms with Gasteiger partial charge in [0.05, 0.1) is 11.4 Å². The number of rotatable bonds is 9. The largest absolute Gasteiger partial charge is 0.512 e. The van der Waals surface area contributed by atoms with Crippen molar-refractivity contribution in [2.24, 2.45) is 0 Å². The van der Waals surface area contributed by atoms with Crippen molar-refractivity contribution < 1.29 is 5.11 Å². The van der Waals surface area contributed by atoms with E-state index in [-0.39, 0.29) is 0 Å². The molecule has 2 heteroatoms. The second kappa shape index (κ2) is 12.0. The molecule has 1 aliphatic rings. The molecule has 0 aromatic heterocycles. The Labute approximate surface area is 240 Å². The first-order valence-electron chi connectivity index (χ1n) is 14.8. The fourth-order valence-corrected chi connectivity index (χ4v) is 6.04. The van der Waals surface area contributed by atoms with Crippen LogP contribution in [-0.2, 0) is 6.42 Å². The highest BCUT2D eigenvalue weighted by Gasteiger charge is 2.23. The zero-order chi connectivity index (χ0) is 28.2. The van der Waals surface area contributed by atoms with Gasteiger partial charge in [0.1, 0.15) is 0 Å². The minimum atomic E-state index is 0.389. The average Bonchev–Trinajstić information content (AvgIpc) is 2.97. The molecule has 5 rings (SSSR count). The average molecular weight is 528 g/mol. The summed E-state index contributed by atoms with van der Waals surface area (Å²) < 4.78 is 0. The maximum atomic E-state index is 10.8. The van der Waals surface area contributed by atoms with Gasteiger partial charge in [0, 0.05) is 34.7 Å². The summed E-state index contributed by atoms with van der Waals surface area (Å²) in [6.45, 7) is 10.7. The Balaban J connectivity index is 1.78. The Morgan fingerprint density at radius 1 is 0.950 bits per heavy atom. The minimum Gasteiger partial charge on any atom is -0.512 e. The first kappa shape index (κ1) is 27.5. The van der Waals surface area contributed by atoms with Gasteiger partial charge in [-0.2, -0.15) is 0 Å². The van der Waals surface area contributed by atoms with E-state index in [1.165, 1.54) is 51.6 Å². The fourth-order valence-electron chi connectivity index (χ4n) is 6.04. The molecule has 0 aliphatic heterocycles. The van der Waals surface area contributed by atoms with Crippen LogP contribution in [0.2, 0.25) is 0 Å². The molecule has 4 aromatic rings. The Bertz CT molecular complexity index is 1620. The van der Waals surface area contributed by atoms with Gasteiger partial charge in [-0.1, -0.05) is 94.0 Å². The van der Waals surface area contributed by atoms with Gasteiger partial charge in [-0.25, -0.2) is 0 Å². The van der Waals surface area contributed by atoms with Crippen molar-refractivity contribution in [1.29, 1.82) is 0 Å². The lowest BCUT2D eigenvalue weighted by atomic mass is 9.82. The molecule has 0 spiro atoms. The van der Waals surface area contributed by atoms with Crippen molar-refractivity contribution >= 4 is 39.5 Å². The highest BCUT2D eigenvalue weighted by atomic mass is 16.3. The first-order chi connectivity index (χ1) is 19.5. The van der Waals surface area contributed by atoms with Gasteiger partial charge >= 0.3 is 0 Å². The lowest BCUT2D eigenvalue weighted by Crippen LogP contribution is -2.12. The SMILES string of the molecule is C/C=C\C(=C(\O)CC)c1cccc(N(c2cccc(C)c2)c2ccc3c4c(c(CCCC)ccc24)C(C)C=C3)c1. The Morgan fingerprint density at radius 2 is 1.73 bits per heavy atom. The third kappa shape index (κ3) is 5.23. The van der Waals surface area contributed by atoms with E-state index in [4.69, 9.17) is 0 Å². The second-order valence-electron chi connectivity index (χ2n) is 10.9. The zero-order valence-corrected chi connectivity index (χ0v) is 24.5. The summed E-state index contributed by atoms with van der Waals surface area (Å²) in [5.74, 6) is 0.791. The Morgan fingerprint density at radius 3 is 2.45 bits per heavy atom. The number of aliphatic hydroxyl groups is 1. The van der Waals surface area contributed by atoms with E-state index in [2.05, 4.69) is 111 Å². The molecule has 1 unspecified atom stereocenters. The van der Waals surface area contributed by atoms with Crippen molar-refractivity contribution in [2.45, 2.75) is 66.2 Å². The number of hydrogen-bond acceptors (Lipinski definition) is 2. The summed E-state index contributed by atoms with van der Waals surface area (Å²) in [4.78, 5) is 2.38. The Hall–Kier alpha value is -4.04. The predicted molar refractivity (Wildman–Crippen MR) is 174 cm³/mol. The molecule has 0 saturated heterocycles. The molecule has 1 atom stereocenters. The molecule has 40 heavy (non-hydrogen) atoms. The van der Waals surface area contributed by atoms with Crippen LogP contribution in [0.3, 0.4) is 0 Å². The maximum absolute atomic E-state index is 10.8. The maximum Gasteiger partial charge on any atom is 0.0997 e. The quantitative estimate of drug-likeness (QED) is 0.173. The smallest absolute Gasteiger partial charge is 0.0997 e. The standard InChI is InChI=1S/C38H41NO/c1-6-9-14-28-20-22-34-35(23-21-29-19-18-27(5)37(28)38(29)34)39(31-16-10-13-26(4)24-31)32-17-11-15-30(25-32)33(12-7-2)36(40)8-3/h7,10-13,15-25,27,40H,6,8-9,14H2,1-5H3/b12-7-,36-33-. The third-order valence-electron chi connectivity index (χ3n) is 8.04.